The number of thiophene rings is 1. The van der Waals surface area contributed by atoms with Gasteiger partial charge in [-0.1, -0.05) is 66.4 Å². The highest BCUT2D eigenvalue weighted by molar-refractivity contribution is 8.00. The largest absolute Gasteiger partial charge is 0.360 e. The zero-order valence-electron chi connectivity index (χ0n) is 16.6. The summed E-state index contributed by atoms with van der Waals surface area (Å²) in [6, 6.07) is 22.0. The molecular weight excluding hydrogens is 424 g/mol. The van der Waals surface area contributed by atoms with Gasteiger partial charge in [0, 0.05) is 34.1 Å². The van der Waals surface area contributed by atoms with Gasteiger partial charge in [-0.2, -0.15) is 0 Å². The molecule has 7 heteroatoms. The smallest absolute Gasteiger partial charge is 0.192 e. The number of para-hydroxylation sites is 1. The third kappa shape index (κ3) is 4.19. The molecule has 0 saturated carbocycles. The molecule has 0 radical (unpaired) electrons. The minimum Gasteiger partial charge on any atom is -0.360 e. The molecule has 0 spiro atoms. The molecule has 0 saturated heterocycles. The van der Waals surface area contributed by atoms with Crippen LogP contribution in [-0.4, -0.2) is 25.5 Å². The van der Waals surface area contributed by atoms with E-state index in [1.54, 1.807) is 17.7 Å². The molecule has 0 aliphatic heterocycles. The number of carbonyl (C=O) groups excluding carboxylic acids is 1. The maximum absolute atomic E-state index is 13.7. The van der Waals surface area contributed by atoms with Gasteiger partial charge in [0.25, 0.3) is 0 Å². The average molecular weight is 445 g/mol. The van der Waals surface area contributed by atoms with Gasteiger partial charge in [0.15, 0.2) is 10.9 Å². The van der Waals surface area contributed by atoms with Crippen LogP contribution in [-0.2, 0) is 13.0 Å². The number of hydrogen-bond donors (Lipinski definition) is 1. The second-order valence-corrected chi connectivity index (χ2v) is 9.26. The Morgan fingerprint density at radius 1 is 1.06 bits per heavy atom. The normalized spacial score (nSPS) is 12.3. The number of nitrogens with one attached hydrogen (secondary N) is 1. The van der Waals surface area contributed by atoms with E-state index < -0.39 is 5.25 Å². The van der Waals surface area contributed by atoms with Crippen molar-refractivity contribution in [3.8, 4) is 0 Å². The lowest BCUT2D eigenvalue weighted by molar-refractivity contribution is 0.0991. The van der Waals surface area contributed by atoms with Crippen molar-refractivity contribution in [2.24, 2.45) is 0 Å². The summed E-state index contributed by atoms with van der Waals surface area (Å²) in [5.41, 5.74) is 2.61. The second kappa shape index (κ2) is 8.91. The predicted molar refractivity (Wildman–Crippen MR) is 126 cm³/mol. The Hall–Kier alpha value is -3.16. The number of hydrogen-bond acceptors (Lipinski definition) is 5. The summed E-state index contributed by atoms with van der Waals surface area (Å²) in [5, 5.41) is 11.8. The van der Waals surface area contributed by atoms with Crippen LogP contribution in [0.15, 0.2) is 89.8 Å². The molecule has 1 N–H and O–H groups in total. The summed E-state index contributed by atoms with van der Waals surface area (Å²) in [7, 11) is 0. The topological polar surface area (TPSA) is 63.6 Å². The molecule has 0 aliphatic carbocycles. The fourth-order valence-corrected chi connectivity index (χ4v) is 5.40. The van der Waals surface area contributed by atoms with Crippen LogP contribution in [0, 0.1) is 0 Å². The van der Waals surface area contributed by atoms with Gasteiger partial charge in [0.2, 0.25) is 0 Å². The summed E-state index contributed by atoms with van der Waals surface area (Å²) in [5.74, 6) is 0.0569. The van der Waals surface area contributed by atoms with Gasteiger partial charge in [0.1, 0.15) is 11.6 Å². The molecule has 3 aromatic heterocycles. The number of carbonyl (C=O) groups is 1. The Labute approximate surface area is 188 Å². The van der Waals surface area contributed by atoms with Crippen LogP contribution in [0.5, 0.6) is 0 Å². The Morgan fingerprint density at radius 2 is 1.90 bits per heavy atom. The SMILES string of the molecule is O=C(c1c[nH]c2ccccc12)C(Sc1nncn1CCc1cccs1)c1ccccc1. The number of aromatic amines is 1. The molecule has 3 heterocycles. The van der Waals surface area contributed by atoms with E-state index in [4.69, 9.17) is 0 Å². The maximum Gasteiger partial charge on any atom is 0.192 e. The first-order chi connectivity index (χ1) is 15.3. The van der Waals surface area contributed by atoms with Crippen LogP contribution in [0.1, 0.15) is 26.0 Å². The van der Waals surface area contributed by atoms with Gasteiger partial charge < -0.3 is 9.55 Å². The van der Waals surface area contributed by atoms with Crippen molar-refractivity contribution in [3.05, 3.63) is 101 Å². The minimum atomic E-state index is -0.412. The number of Topliss-reactive ketones (excluding diaryl/α,β-unsaturated/α-hetero) is 1. The Morgan fingerprint density at radius 3 is 2.74 bits per heavy atom. The standard InChI is InChI=1S/C24H20N4OS2/c29-22(20-15-25-21-11-5-4-10-19(20)21)23(17-7-2-1-3-8-17)31-24-27-26-16-28(24)13-12-18-9-6-14-30-18/h1-11,14-16,23,25H,12-13H2. The predicted octanol–water partition coefficient (Wildman–Crippen LogP) is 5.78. The third-order valence-corrected chi connectivity index (χ3v) is 7.36. The summed E-state index contributed by atoms with van der Waals surface area (Å²) >= 11 is 3.20. The van der Waals surface area contributed by atoms with Crippen molar-refractivity contribution in [3.63, 3.8) is 0 Å². The fourth-order valence-electron chi connectivity index (χ4n) is 3.60. The summed E-state index contributed by atoms with van der Waals surface area (Å²) in [6.45, 7) is 0.776. The number of aryl methyl sites for hydroxylation is 2. The molecule has 5 rings (SSSR count). The maximum atomic E-state index is 13.7. The van der Waals surface area contributed by atoms with Gasteiger partial charge >= 0.3 is 0 Å². The van der Waals surface area contributed by atoms with Crippen LogP contribution in [0.3, 0.4) is 0 Å². The van der Waals surface area contributed by atoms with Crippen LogP contribution in [0.2, 0.25) is 0 Å². The van der Waals surface area contributed by atoms with E-state index in [2.05, 4.69) is 32.7 Å². The molecule has 2 aromatic carbocycles. The van der Waals surface area contributed by atoms with Crippen LogP contribution < -0.4 is 0 Å². The average Bonchev–Trinajstić information content (AvgIpc) is 3.57. The van der Waals surface area contributed by atoms with Gasteiger partial charge in [-0.15, -0.1) is 21.5 Å². The van der Waals surface area contributed by atoms with Crippen LogP contribution in [0.4, 0.5) is 0 Å². The lowest BCUT2D eigenvalue weighted by Gasteiger charge is -2.16. The molecule has 0 fully saturated rings. The second-order valence-electron chi connectivity index (χ2n) is 7.16. The van der Waals surface area contributed by atoms with Crippen molar-refractivity contribution < 1.29 is 4.79 Å². The molecule has 0 amide bonds. The lowest BCUT2D eigenvalue weighted by Crippen LogP contribution is -2.11. The van der Waals surface area contributed by atoms with Gasteiger partial charge in [0.05, 0.1) is 0 Å². The number of H-pyrrole nitrogens is 1. The van der Waals surface area contributed by atoms with Gasteiger partial charge in [-0.3, -0.25) is 4.79 Å². The fraction of sp³-hybridized carbons (Fsp3) is 0.125. The van der Waals surface area contributed by atoms with Crippen LogP contribution in [0.25, 0.3) is 10.9 Å². The zero-order chi connectivity index (χ0) is 21.0. The Balaban J connectivity index is 1.46. The number of thioether (sulfide) groups is 1. The summed E-state index contributed by atoms with van der Waals surface area (Å²) in [6.07, 6.45) is 4.47. The van der Waals surface area contributed by atoms with E-state index in [-0.39, 0.29) is 5.78 Å². The summed E-state index contributed by atoms with van der Waals surface area (Å²) < 4.78 is 2.03. The highest BCUT2D eigenvalue weighted by atomic mass is 32.2. The number of aromatic nitrogens is 4. The number of rotatable bonds is 8. The lowest BCUT2D eigenvalue weighted by atomic mass is 10.0. The number of fused-ring (bicyclic) bond motifs is 1. The number of ketones is 1. The Bertz CT molecular complexity index is 1290. The molecule has 0 bridgehead atoms. The first-order valence-corrected chi connectivity index (χ1v) is 11.8. The quantitative estimate of drug-likeness (QED) is 0.243. The van der Waals surface area contributed by atoms with Crippen molar-refractivity contribution in [2.45, 2.75) is 23.4 Å². The number of benzene rings is 2. The number of nitrogens with zero attached hydrogens (tertiary/aromatic N) is 3. The first-order valence-electron chi connectivity index (χ1n) is 10.0. The minimum absolute atomic E-state index is 0.0569. The molecule has 5 aromatic rings. The van der Waals surface area contributed by atoms with Crippen molar-refractivity contribution >= 4 is 39.8 Å². The highest BCUT2D eigenvalue weighted by Crippen LogP contribution is 2.38. The van der Waals surface area contributed by atoms with E-state index in [0.717, 1.165) is 34.6 Å². The molecule has 5 nitrogen and oxygen atoms in total. The van der Waals surface area contributed by atoms with E-state index in [1.165, 1.54) is 16.6 Å². The highest BCUT2D eigenvalue weighted by Gasteiger charge is 2.27. The zero-order valence-corrected chi connectivity index (χ0v) is 18.3. The molecule has 154 valence electrons. The van der Waals surface area contributed by atoms with Gasteiger partial charge in [-0.25, -0.2) is 0 Å². The van der Waals surface area contributed by atoms with E-state index >= 15 is 0 Å². The molecule has 31 heavy (non-hydrogen) atoms. The molecular formula is C24H20N4OS2. The van der Waals surface area contributed by atoms with Gasteiger partial charge in [-0.05, 0) is 29.5 Å². The van der Waals surface area contributed by atoms with Crippen LogP contribution >= 0.6 is 23.1 Å². The third-order valence-electron chi connectivity index (χ3n) is 5.18. The monoisotopic (exact) mass is 444 g/mol. The van der Waals surface area contributed by atoms with E-state index in [1.807, 2.05) is 65.4 Å². The Kier molecular flexibility index (Phi) is 5.69. The molecule has 0 aliphatic rings. The van der Waals surface area contributed by atoms with Crippen molar-refractivity contribution in [1.82, 2.24) is 19.7 Å². The van der Waals surface area contributed by atoms with Crippen molar-refractivity contribution in [2.75, 3.05) is 0 Å². The van der Waals surface area contributed by atoms with Crippen molar-refractivity contribution in [1.29, 1.82) is 0 Å². The van der Waals surface area contributed by atoms with E-state index in [9.17, 15) is 4.79 Å². The summed E-state index contributed by atoms with van der Waals surface area (Å²) in [4.78, 5) is 18.2. The van der Waals surface area contributed by atoms with E-state index in [0.29, 0.717) is 5.56 Å². The molecule has 1 unspecified atom stereocenters. The first kappa shape index (κ1) is 19.8. The molecule has 1 atom stereocenters.